The summed E-state index contributed by atoms with van der Waals surface area (Å²) in [5.74, 6) is 0.514. The van der Waals surface area contributed by atoms with Crippen LogP contribution in [0.2, 0.25) is 0 Å². The Morgan fingerprint density at radius 2 is 2.00 bits per heavy atom. The van der Waals surface area contributed by atoms with Crippen molar-refractivity contribution in [2.24, 2.45) is 0 Å². The van der Waals surface area contributed by atoms with E-state index in [-0.39, 0.29) is 5.92 Å². The number of Topliss-reactive ketones (excluding diaryl/α,β-unsaturated/α-hetero) is 1. The molecule has 1 aromatic carbocycles. The molecule has 0 aliphatic heterocycles. The number of hydrogen-bond donors (Lipinski definition) is 0. The van der Waals surface area contributed by atoms with E-state index in [1.807, 2.05) is 12.1 Å². The van der Waals surface area contributed by atoms with Crippen molar-refractivity contribution >= 4 is 5.78 Å². The van der Waals surface area contributed by atoms with Crippen LogP contribution >= 0.6 is 0 Å². The molecule has 2 atom stereocenters. The molecule has 2 aromatic rings. The molecule has 20 heavy (non-hydrogen) atoms. The van der Waals surface area contributed by atoms with Crippen LogP contribution in [0.5, 0.6) is 0 Å². The van der Waals surface area contributed by atoms with E-state index in [1.165, 1.54) is 0 Å². The second kappa shape index (κ2) is 3.98. The Kier molecular flexibility index (Phi) is 2.34. The summed E-state index contributed by atoms with van der Waals surface area (Å²) in [5, 5.41) is 0. The fourth-order valence-corrected chi connectivity index (χ4v) is 3.91. The van der Waals surface area contributed by atoms with Crippen molar-refractivity contribution in [3.63, 3.8) is 0 Å². The maximum Gasteiger partial charge on any atom is 0.143 e. The Hall–Kier alpha value is -2.03. The molecule has 3 nitrogen and oxygen atoms in total. The van der Waals surface area contributed by atoms with Crippen LogP contribution in [0.4, 0.5) is 0 Å². The highest BCUT2D eigenvalue weighted by Crippen LogP contribution is 2.53. The summed E-state index contributed by atoms with van der Waals surface area (Å²) in [7, 11) is 0. The van der Waals surface area contributed by atoms with Gasteiger partial charge in [-0.25, -0.2) is 0 Å². The van der Waals surface area contributed by atoms with Gasteiger partial charge in [0.2, 0.25) is 0 Å². The number of hydrogen-bond acceptors (Lipinski definition) is 3. The molecule has 0 radical (unpaired) electrons. The lowest BCUT2D eigenvalue weighted by Crippen LogP contribution is -2.44. The van der Waals surface area contributed by atoms with Gasteiger partial charge in [-0.2, -0.15) is 0 Å². The molecule has 0 N–H and O–H groups in total. The van der Waals surface area contributed by atoms with Gasteiger partial charge in [0.05, 0.1) is 16.8 Å². The molecule has 4 rings (SSSR count). The molecule has 2 aliphatic carbocycles. The molecule has 1 heterocycles. The van der Waals surface area contributed by atoms with Crippen molar-refractivity contribution in [3.8, 4) is 11.3 Å². The molecule has 100 valence electrons. The number of aromatic nitrogens is 2. The van der Waals surface area contributed by atoms with E-state index in [1.54, 1.807) is 12.4 Å². The van der Waals surface area contributed by atoms with Crippen LogP contribution in [0.3, 0.4) is 0 Å². The van der Waals surface area contributed by atoms with E-state index in [0.29, 0.717) is 12.2 Å². The van der Waals surface area contributed by atoms with E-state index in [4.69, 9.17) is 0 Å². The van der Waals surface area contributed by atoms with Gasteiger partial charge in [-0.05, 0) is 25.3 Å². The lowest BCUT2D eigenvalue weighted by Gasteiger charge is -2.44. The first-order chi connectivity index (χ1) is 9.73. The molecule has 1 aromatic heterocycles. The normalized spacial score (nSPS) is 27.4. The average molecular weight is 264 g/mol. The molecule has 0 amide bonds. The SMILES string of the molecule is C[C@@]12C(=O)CCC[C@@H]1c1nccnc1-c1ccccc12. The second-order valence-electron chi connectivity index (χ2n) is 5.91. The number of rotatable bonds is 0. The number of fused-ring (bicyclic) bond motifs is 6. The van der Waals surface area contributed by atoms with Crippen molar-refractivity contribution in [2.45, 2.75) is 37.5 Å². The monoisotopic (exact) mass is 264 g/mol. The van der Waals surface area contributed by atoms with Gasteiger partial charge < -0.3 is 0 Å². The number of ketones is 1. The van der Waals surface area contributed by atoms with Crippen molar-refractivity contribution < 1.29 is 4.79 Å². The van der Waals surface area contributed by atoms with Crippen molar-refractivity contribution in [1.29, 1.82) is 0 Å². The third-order valence-corrected chi connectivity index (χ3v) is 4.97. The number of benzene rings is 1. The minimum absolute atomic E-state index is 0.169. The molecule has 3 heteroatoms. The maximum atomic E-state index is 12.7. The van der Waals surface area contributed by atoms with Gasteiger partial charge in [-0.3, -0.25) is 14.8 Å². The van der Waals surface area contributed by atoms with Crippen LogP contribution in [0, 0.1) is 0 Å². The van der Waals surface area contributed by atoms with Gasteiger partial charge in [-0.1, -0.05) is 24.3 Å². The van der Waals surface area contributed by atoms with Gasteiger partial charge >= 0.3 is 0 Å². The molecular formula is C17H16N2O. The predicted octanol–water partition coefficient (Wildman–Crippen LogP) is 3.25. The van der Waals surface area contributed by atoms with Crippen LogP contribution < -0.4 is 0 Å². The molecule has 0 bridgehead atoms. The highest BCUT2D eigenvalue weighted by Gasteiger charge is 2.50. The Morgan fingerprint density at radius 3 is 2.90 bits per heavy atom. The van der Waals surface area contributed by atoms with Gasteiger partial charge in [0, 0.05) is 30.3 Å². The second-order valence-corrected chi connectivity index (χ2v) is 5.91. The maximum absolute atomic E-state index is 12.7. The standard InChI is InChI=1S/C17H16N2O/c1-17-12-6-3-2-5-11(12)15-16(19-10-9-18-15)13(17)7-4-8-14(17)20/h2-3,5-6,9-10,13H,4,7-8H2,1H3/t13-,17+/m1/s1. The fourth-order valence-electron chi connectivity index (χ4n) is 3.91. The Labute approximate surface area is 118 Å². The molecular weight excluding hydrogens is 248 g/mol. The topological polar surface area (TPSA) is 42.9 Å². The molecule has 0 saturated heterocycles. The average Bonchev–Trinajstić information content (AvgIpc) is 2.50. The van der Waals surface area contributed by atoms with E-state index in [9.17, 15) is 4.79 Å². The third-order valence-electron chi connectivity index (χ3n) is 4.97. The van der Waals surface area contributed by atoms with Gasteiger partial charge in [0.15, 0.2) is 0 Å². The van der Waals surface area contributed by atoms with E-state index in [0.717, 1.165) is 35.4 Å². The van der Waals surface area contributed by atoms with Crippen LogP contribution in [-0.2, 0) is 10.2 Å². The third kappa shape index (κ3) is 1.33. The first kappa shape index (κ1) is 11.8. The van der Waals surface area contributed by atoms with E-state index >= 15 is 0 Å². The summed E-state index contributed by atoms with van der Waals surface area (Å²) < 4.78 is 0. The number of carbonyl (C=O) groups excluding carboxylic acids is 1. The van der Waals surface area contributed by atoms with Gasteiger partial charge in [0.25, 0.3) is 0 Å². The zero-order chi connectivity index (χ0) is 13.7. The molecule has 0 spiro atoms. The Balaban J connectivity index is 2.08. The summed E-state index contributed by atoms with van der Waals surface area (Å²) in [6.07, 6.45) is 6.13. The van der Waals surface area contributed by atoms with Crippen molar-refractivity contribution in [3.05, 3.63) is 47.9 Å². The predicted molar refractivity (Wildman–Crippen MR) is 76.4 cm³/mol. The largest absolute Gasteiger partial charge is 0.299 e. The fraction of sp³-hybridized carbons (Fsp3) is 0.353. The van der Waals surface area contributed by atoms with E-state index < -0.39 is 5.41 Å². The summed E-state index contributed by atoms with van der Waals surface area (Å²) in [5.41, 5.74) is 3.73. The number of nitrogens with zero attached hydrogens (tertiary/aromatic N) is 2. The Morgan fingerprint density at radius 1 is 1.20 bits per heavy atom. The first-order valence-corrected chi connectivity index (χ1v) is 7.17. The van der Waals surface area contributed by atoms with Crippen LogP contribution in [0.25, 0.3) is 11.3 Å². The highest BCUT2D eigenvalue weighted by molar-refractivity contribution is 5.95. The summed E-state index contributed by atoms with van der Waals surface area (Å²) in [6, 6.07) is 8.17. The van der Waals surface area contributed by atoms with Crippen LogP contribution in [0.1, 0.15) is 43.4 Å². The summed E-state index contributed by atoms with van der Waals surface area (Å²) >= 11 is 0. The van der Waals surface area contributed by atoms with E-state index in [2.05, 4.69) is 29.0 Å². The summed E-state index contributed by atoms with van der Waals surface area (Å²) in [6.45, 7) is 2.09. The zero-order valence-electron chi connectivity index (χ0n) is 11.5. The minimum Gasteiger partial charge on any atom is -0.299 e. The quantitative estimate of drug-likeness (QED) is 0.733. The molecule has 1 saturated carbocycles. The highest BCUT2D eigenvalue weighted by atomic mass is 16.1. The lowest BCUT2D eigenvalue weighted by atomic mass is 9.58. The molecule has 0 unspecified atom stereocenters. The van der Waals surface area contributed by atoms with Crippen LogP contribution in [0.15, 0.2) is 36.7 Å². The number of carbonyl (C=O) groups is 1. The van der Waals surface area contributed by atoms with Crippen molar-refractivity contribution in [2.75, 3.05) is 0 Å². The molecule has 2 aliphatic rings. The molecule has 1 fully saturated rings. The minimum atomic E-state index is -0.433. The smallest absolute Gasteiger partial charge is 0.143 e. The van der Waals surface area contributed by atoms with Gasteiger partial charge in [-0.15, -0.1) is 0 Å². The first-order valence-electron chi connectivity index (χ1n) is 7.17. The zero-order valence-corrected chi connectivity index (χ0v) is 11.5. The lowest BCUT2D eigenvalue weighted by molar-refractivity contribution is -0.126. The summed E-state index contributed by atoms with van der Waals surface area (Å²) in [4.78, 5) is 21.8. The van der Waals surface area contributed by atoms with Crippen LogP contribution in [-0.4, -0.2) is 15.8 Å². The Bertz CT molecular complexity index is 710. The van der Waals surface area contributed by atoms with Gasteiger partial charge in [0.1, 0.15) is 5.78 Å². The van der Waals surface area contributed by atoms with Crippen molar-refractivity contribution in [1.82, 2.24) is 9.97 Å².